The zero-order chi connectivity index (χ0) is 17.5. The molecule has 3 rings (SSSR count). The van der Waals surface area contributed by atoms with E-state index < -0.39 is 0 Å². The van der Waals surface area contributed by atoms with E-state index in [0.717, 1.165) is 24.3 Å². The minimum Gasteiger partial charge on any atom is -0.376 e. The molecule has 1 atom stereocenters. The van der Waals surface area contributed by atoms with Gasteiger partial charge in [-0.05, 0) is 42.5 Å². The molecule has 1 aliphatic heterocycles. The van der Waals surface area contributed by atoms with Crippen molar-refractivity contribution in [1.29, 1.82) is 0 Å². The van der Waals surface area contributed by atoms with Gasteiger partial charge in [-0.1, -0.05) is 24.3 Å². The van der Waals surface area contributed by atoms with Crippen LogP contribution in [0.25, 0.3) is 6.08 Å². The molecule has 1 aromatic carbocycles. The van der Waals surface area contributed by atoms with Crippen molar-refractivity contribution < 1.29 is 14.3 Å². The quantitative estimate of drug-likeness (QED) is 0.782. The summed E-state index contributed by atoms with van der Waals surface area (Å²) >= 11 is 1.50. The van der Waals surface area contributed by atoms with Crippen LogP contribution in [0, 0.1) is 0 Å². The minimum absolute atomic E-state index is 0.0526. The molecule has 1 saturated heterocycles. The van der Waals surface area contributed by atoms with Gasteiger partial charge < -0.3 is 15.4 Å². The third kappa shape index (κ3) is 5.01. The van der Waals surface area contributed by atoms with Crippen LogP contribution in [0.2, 0.25) is 0 Å². The average molecular weight is 356 g/mol. The Balaban J connectivity index is 1.70. The fraction of sp³-hybridized carbons (Fsp3) is 0.263. The third-order valence-corrected chi connectivity index (χ3v) is 4.69. The number of thiophene rings is 1. The molecule has 1 aromatic heterocycles. The number of benzene rings is 1. The lowest BCUT2D eigenvalue weighted by atomic mass is 10.2. The maximum Gasteiger partial charge on any atom is 0.267 e. The third-order valence-electron chi connectivity index (χ3n) is 3.87. The Hall–Kier alpha value is -2.44. The van der Waals surface area contributed by atoms with Crippen LogP contribution in [-0.4, -0.2) is 31.1 Å². The highest BCUT2D eigenvalue weighted by molar-refractivity contribution is 7.10. The standard InChI is InChI=1S/C19H20N2O3S/c22-18(14-6-2-1-3-7-14)21-17(12-16-9-5-11-25-16)19(23)20-13-15-8-4-10-24-15/h1-3,5-7,9,11-12,15H,4,8,10,13H2,(H,20,23)(H,21,22)/b17-12-/t15-/m1/s1. The van der Waals surface area contributed by atoms with Crippen molar-refractivity contribution in [3.63, 3.8) is 0 Å². The van der Waals surface area contributed by atoms with Crippen LogP contribution in [0.1, 0.15) is 28.1 Å². The molecule has 2 N–H and O–H groups in total. The second-order valence-corrected chi connectivity index (χ2v) is 6.72. The van der Waals surface area contributed by atoms with E-state index in [1.807, 2.05) is 23.6 Å². The molecular formula is C19H20N2O3S. The molecule has 1 aliphatic rings. The summed E-state index contributed by atoms with van der Waals surface area (Å²) in [6, 6.07) is 12.6. The van der Waals surface area contributed by atoms with Crippen molar-refractivity contribution in [2.24, 2.45) is 0 Å². The van der Waals surface area contributed by atoms with Crippen LogP contribution in [0.15, 0.2) is 53.5 Å². The smallest absolute Gasteiger partial charge is 0.267 e. The summed E-state index contributed by atoms with van der Waals surface area (Å²) in [5.74, 6) is -0.621. The van der Waals surface area contributed by atoms with Gasteiger partial charge in [-0.2, -0.15) is 0 Å². The van der Waals surface area contributed by atoms with E-state index in [1.54, 1.807) is 30.3 Å². The molecule has 5 nitrogen and oxygen atoms in total. The molecule has 130 valence electrons. The minimum atomic E-state index is -0.312. The fourth-order valence-electron chi connectivity index (χ4n) is 2.57. The number of hydrogen-bond donors (Lipinski definition) is 2. The molecule has 0 unspecified atom stereocenters. The number of rotatable bonds is 6. The van der Waals surface area contributed by atoms with E-state index in [0.29, 0.717) is 12.1 Å². The monoisotopic (exact) mass is 356 g/mol. The largest absolute Gasteiger partial charge is 0.376 e. The van der Waals surface area contributed by atoms with Crippen LogP contribution < -0.4 is 10.6 Å². The average Bonchev–Trinajstić information content (AvgIpc) is 3.33. The van der Waals surface area contributed by atoms with E-state index >= 15 is 0 Å². The molecule has 0 spiro atoms. The first-order valence-corrected chi connectivity index (χ1v) is 9.12. The lowest BCUT2D eigenvalue weighted by Crippen LogP contribution is -2.38. The first-order valence-electron chi connectivity index (χ1n) is 8.24. The van der Waals surface area contributed by atoms with Gasteiger partial charge in [-0.25, -0.2) is 0 Å². The Morgan fingerprint density at radius 2 is 2.04 bits per heavy atom. The first kappa shape index (κ1) is 17.4. The highest BCUT2D eigenvalue weighted by atomic mass is 32.1. The number of nitrogens with one attached hydrogen (secondary N) is 2. The zero-order valence-electron chi connectivity index (χ0n) is 13.7. The Kier molecular flexibility index (Phi) is 5.98. The predicted octanol–water partition coefficient (Wildman–Crippen LogP) is 2.81. The number of carbonyl (C=O) groups is 2. The summed E-state index contributed by atoms with van der Waals surface area (Å²) in [5.41, 5.74) is 0.737. The maximum absolute atomic E-state index is 12.5. The summed E-state index contributed by atoms with van der Waals surface area (Å²) in [4.78, 5) is 25.8. The molecule has 0 aliphatic carbocycles. The first-order chi connectivity index (χ1) is 12.2. The Morgan fingerprint density at radius 3 is 2.72 bits per heavy atom. The van der Waals surface area contributed by atoms with E-state index in [2.05, 4.69) is 10.6 Å². The van der Waals surface area contributed by atoms with Crippen molar-refractivity contribution in [3.05, 3.63) is 64.0 Å². The SMILES string of the molecule is O=C(NC[C@H]1CCCO1)/C(=C/c1cccs1)NC(=O)c1ccccc1. The molecule has 0 saturated carbocycles. The van der Waals surface area contributed by atoms with Crippen molar-refractivity contribution in [2.75, 3.05) is 13.2 Å². The van der Waals surface area contributed by atoms with Gasteiger partial charge in [0.25, 0.3) is 11.8 Å². The van der Waals surface area contributed by atoms with Gasteiger partial charge in [0, 0.05) is 23.6 Å². The van der Waals surface area contributed by atoms with Gasteiger partial charge in [0.1, 0.15) is 5.70 Å². The molecule has 25 heavy (non-hydrogen) atoms. The lowest BCUT2D eigenvalue weighted by Gasteiger charge is -2.13. The fourth-order valence-corrected chi connectivity index (χ4v) is 3.22. The van der Waals surface area contributed by atoms with Crippen LogP contribution in [0.5, 0.6) is 0 Å². The van der Waals surface area contributed by atoms with Crippen LogP contribution in [0.4, 0.5) is 0 Å². The molecule has 0 bridgehead atoms. The summed E-state index contributed by atoms with van der Waals surface area (Å²) in [6.07, 6.45) is 3.71. The Bertz CT molecular complexity index is 735. The number of ether oxygens (including phenoxy) is 1. The van der Waals surface area contributed by atoms with Crippen molar-refractivity contribution in [3.8, 4) is 0 Å². The van der Waals surface area contributed by atoms with E-state index in [9.17, 15) is 9.59 Å². The van der Waals surface area contributed by atoms with Crippen LogP contribution in [0.3, 0.4) is 0 Å². The number of amides is 2. The van der Waals surface area contributed by atoms with E-state index in [4.69, 9.17) is 4.74 Å². The predicted molar refractivity (Wildman–Crippen MR) is 98.2 cm³/mol. The van der Waals surface area contributed by atoms with Gasteiger partial charge in [-0.15, -0.1) is 11.3 Å². The molecule has 2 aromatic rings. The highest BCUT2D eigenvalue weighted by Gasteiger charge is 2.19. The summed E-state index contributed by atoms with van der Waals surface area (Å²) in [7, 11) is 0. The lowest BCUT2D eigenvalue weighted by molar-refractivity contribution is -0.118. The normalized spacial score (nSPS) is 17.3. The van der Waals surface area contributed by atoms with Crippen LogP contribution >= 0.6 is 11.3 Å². The van der Waals surface area contributed by atoms with Crippen molar-refractivity contribution in [1.82, 2.24) is 10.6 Å². The van der Waals surface area contributed by atoms with Gasteiger partial charge in [0.2, 0.25) is 0 Å². The summed E-state index contributed by atoms with van der Waals surface area (Å²) < 4.78 is 5.52. The highest BCUT2D eigenvalue weighted by Crippen LogP contribution is 2.14. The number of hydrogen-bond acceptors (Lipinski definition) is 4. The molecular weight excluding hydrogens is 336 g/mol. The Morgan fingerprint density at radius 1 is 1.20 bits per heavy atom. The van der Waals surface area contributed by atoms with Crippen molar-refractivity contribution >= 4 is 29.2 Å². The molecule has 2 heterocycles. The van der Waals surface area contributed by atoms with Gasteiger partial charge >= 0.3 is 0 Å². The second kappa shape index (κ2) is 8.60. The van der Waals surface area contributed by atoms with Gasteiger partial charge in [0.15, 0.2) is 0 Å². The van der Waals surface area contributed by atoms with Crippen molar-refractivity contribution in [2.45, 2.75) is 18.9 Å². The molecule has 0 radical (unpaired) electrons. The number of carbonyl (C=O) groups excluding carboxylic acids is 2. The molecule has 1 fully saturated rings. The Labute approximate surface area is 150 Å². The van der Waals surface area contributed by atoms with Gasteiger partial charge in [-0.3, -0.25) is 9.59 Å². The molecule has 6 heteroatoms. The van der Waals surface area contributed by atoms with E-state index in [-0.39, 0.29) is 23.6 Å². The second-order valence-electron chi connectivity index (χ2n) is 5.74. The molecule has 2 amide bonds. The maximum atomic E-state index is 12.5. The van der Waals surface area contributed by atoms with Gasteiger partial charge in [0.05, 0.1) is 6.10 Å². The van der Waals surface area contributed by atoms with E-state index in [1.165, 1.54) is 11.3 Å². The zero-order valence-corrected chi connectivity index (χ0v) is 14.6. The summed E-state index contributed by atoms with van der Waals surface area (Å²) in [6.45, 7) is 1.19. The summed E-state index contributed by atoms with van der Waals surface area (Å²) in [5, 5.41) is 7.50. The topological polar surface area (TPSA) is 67.4 Å². The van der Waals surface area contributed by atoms with Crippen LogP contribution in [-0.2, 0) is 9.53 Å².